The van der Waals surface area contributed by atoms with E-state index in [0.29, 0.717) is 0 Å². The maximum absolute atomic E-state index is 11.6. The summed E-state index contributed by atoms with van der Waals surface area (Å²) in [5, 5.41) is 23.2. The second-order valence-electron chi connectivity index (χ2n) is 4.16. The summed E-state index contributed by atoms with van der Waals surface area (Å²) in [6.45, 7) is -0.0545. The Kier molecular flexibility index (Phi) is 6.48. The normalized spacial score (nSPS) is 13.3. The Morgan fingerprint density at radius 2 is 1.95 bits per heavy atom. The highest BCUT2D eigenvalue weighted by Gasteiger charge is 2.27. The first-order valence-electron chi connectivity index (χ1n) is 6.02. The molecule has 110 valence electrons. The van der Waals surface area contributed by atoms with E-state index in [0.717, 1.165) is 5.56 Å². The number of rotatable bonds is 7. The van der Waals surface area contributed by atoms with Gasteiger partial charge in [-0.05, 0) is 12.0 Å². The van der Waals surface area contributed by atoms with Crippen LogP contribution in [0.1, 0.15) is 5.56 Å². The van der Waals surface area contributed by atoms with Gasteiger partial charge < -0.3 is 25.6 Å². The minimum absolute atomic E-state index is 0.0545. The van der Waals surface area contributed by atoms with Crippen molar-refractivity contribution in [2.45, 2.75) is 18.6 Å². The van der Waals surface area contributed by atoms with Crippen LogP contribution in [-0.2, 0) is 16.0 Å². The highest BCUT2D eigenvalue weighted by molar-refractivity contribution is 5.82. The summed E-state index contributed by atoms with van der Waals surface area (Å²) in [6.07, 6.45) is -2.60. The molecule has 0 saturated carbocycles. The molecule has 2 amide bonds. The lowest BCUT2D eigenvalue weighted by Crippen LogP contribution is -2.51. The number of methoxy groups -OCH3 is 1. The van der Waals surface area contributed by atoms with Crippen LogP contribution < -0.4 is 10.6 Å². The van der Waals surface area contributed by atoms with E-state index in [4.69, 9.17) is 5.11 Å². The number of aliphatic hydroxyl groups excluding tert-OH is 1. The van der Waals surface area contributed by atoms with Crippen molar-refractivity contribution < 1.29 is 24.5 Å². The lowest BCUT2D eigenvalue weighted by Gasteiger charge is -2.22. The molecular formula is C13H18N2O5. The summed E-state index contributed by atoms with van der Waals surface area (Å²) in [4.78, 5) is 22.4. The van der Waals surface area contributed by atoms with E-state index >= 15 is 0 Å². The van der Waals surface area contributed by atoms with Crippen LogP contribution in [0.4, 0.5) is 4.79 Å². The lowest BCUT2D eigenvalue weighted by atomic mass is 10.0. The van der Waals surface area contributed by atoms with E-state index in [1.165, 1.54) is 7.11 Å². The number of amides is 2. The molecule has 0 aromatic heterocycles. The Balaban J connectivity index is 2.72. The van der Waals surface area contributed by atoms with Crippen LogP contribution in [0.2, 0.25) is 0 Å². The van der Waals surface area contributed by atoms with Gasteiger partial charge in [0.2, 0.25) is 0 Å². The summed E-state index contributed by atoms with van der Waals surface area (Å²) in [6, 6.07) is 8.05. The third kappa shape index (κ3) is 5.25. The number of carbonyl (C=O) groups excluding carboxylic acids is 1. The van der Waals surface area contributed by atoms with Gasteiger partial charge in [0.1, 0.15) is 6.73 Å². The third-order valence-electron chi connectivity index (χ3n) is 2.65. The number of nitrogens with one attached hydrogen (secondary N) is 2. The molecule has 20 heavy (non-hydrogen) atoms. The molecule has 0 radical (unpaired) electrons. The van der Waals surface area contributed by atoms with E-state index in [1.807, 2.05) is 6.07 Å². The van der Waals surface area contributed by atoms with E-state index < -0.39 is 24.1 Å². The van der Waals surface area contributed by atoms with Gasteiger partial charge >= 0.3 is 6.09 Å². The van der Waals surface area contributed by atoms with Crippen LogP contribution in [0.5, 0.6) is 0 Å². The quantitative estimate of drug-likeness (QED) is 0.524. The summed E-state index contributed by atoms with van der Waals surface area (Å²) < 4.78 is 4.66. The smallest absolute Gasteiger partial charge is 0.404 e. The molecular weight excluding hydrogens is 264 g/mol. The van der Waals surface area contributed by atoms with Gasteiger partial charge in [-0.1, -0.05) is 30.3 Å². The van der Waals surface area contributed by atoms with Crippen LogP contribution in [0.15, 0.2) is 30.3 Å². The second-order valence-corrected chi connectivity index (χ2v) is 4.16. The molecule has 0 aliphatic rings. The molecule has 7 nitrogen and oxygen atoms in total. The van der Waals surface area contributed by atoms with Crippen LogP contribution in [0.25, 0.3) is 0 Å². The standard InChI is InChI=1S/C13H18N2O5/c1-20-8-14-12(17)11(16)10(15-13(18)19)7-9-5-3-2-4-6-9/h2-6,10-11,15-16H,7-8H2,1H3,(H,14,17)(H,18,19)/t10?,11-/m1/s1. The largest absolute Gasteiger partial charge is 0.465 e. The molecule has 2 atom stereocenters. The first-order valence-corrected chi connectivity index (χ1v) is 6.02. The molecule has 0 aliphatic heterocycles. The highest BCUT2D eigenvalue weighted by Crippen LogP contribution is 2.07. The number of aliphatic hydroxyl groups is 1. The van der Waals surface area contributed by atoms with Gasteiger partial charge in [0.15, 0.2) is 6.10 Å². The first-order chi connectivity index (χ1) is 9.54. The van der Waals surface area contributed by atoms with Crippen LogP contribution in [0.3, 0.4) is 0 Å². The predicted molar refractivity (Wildman–Crippen MR) is 71.1 cm³/mol. The van der Waals surface area contributed by atoms with E-state index in [9.17, 15) is 14.7 Å². The number of hydrogen-bond acceptors (Lipinski definition) is 4. The van der Waals surface area contributed by atoms with E-state index in [1.54, 1.807) is 24.3 Å². The molecule has 1 aromatic carbocycles. The van der Waals surface area contributed by atoms with Gasteiger partial charge in [0, 0.05) is 7.11 Å². The van der Waals surface area contributed by atoms with Crippen LogP contribution in [-0.4, -0.2) is 48.2 Å². The van der Waals surface area contributed by atoms with Crippen molar-refractivity contribution in [2.24, 2.45) is 0 Å². The molecule has 0 fully saturated rings. The topological polar surface area (TPSA) is 108 Å². The Hall–Kier alpha value is -2.12. The monoisotopic (exact) mass is 282 g/mol. The molecule has 0 aliphatic carbocycles. The number of hydrogen-bond donors (Lipinski definition) is 4. The molecule has 0 bridgehead atoms. The zero-order valence-electron chi connectivity index (χ0n) is 11.1. The first kappa shape index (κ1) is 15.9. The molecule has 4 N–H and O–H groups in total. The summed E-state index contributed by atoms with van der Waals surface area (Å²) in [5.41, 5.74) is 0.810. The van der Waals surface area contributed by atoms with Gasteiger partial charge in [-0.15, -0.1) is 0 Å². The maximum Gasteiger partial charge on any atom is 0.404 e. The van der Waals surface area contributed by atoms with E-state index in [2.05, 4.69) is 15.4 Å². The molecule has 0 spiro atoms. The van der Waals surface area contributed by atoms with E-state index in [-0.39, 0.29) is 13.2 Å². The van der Waals surface area contributed by atoms with Gasteiger partial charge in [-0.2, -0.15) is 0 Å². The van der Waals surface area contributed by atoms with Crippen molar-refractivity contribution in [1.29, 1.82) is 0 Å². The molecule has 0 heterocycles. The van der Waals surface area contributed by atoms with Crippen LogP contribution in [0, 0.1) is 0 Å². The fourth-order valence-electron chi connectivity index (χ4n) is 1.70. The Bertz CT molecular complexity index is 438. The zero-order valence-corrected chi connectivity index (χ0v) is 11.1. The van der Waals surface area contributed by atoms with Crippen molar-refractivity contribution >= 4 is 12.0 Å². The van der Waals surface area contributed by atoms with Crippen molar-refractivity contribution in [2.75, 3.05) is 13.8 Å². The number of carbonyl (C=O) groups is 2. The maximum atomic E-state index is 11.6. The molecule has 1 aromatic rings. The van der Waals surface area contributed by atoms with Crippen molar-refractivity contribution in [3.63, 3.8) is 0 Å². The average Bonchev–Trinajstić information content (AvgIpc) is 2.44. The SMILES string of the molecule is COCNC(=O)[C@H](O)C(Cc1ccccc1)NC(=O)O. The highest BCUT2D eigenvalue weighted by atomic mass is 16.5. The van der Waals surface area contributed by atoms with Gasteiger partial charge in [0.25, 0.3) is 5.91 Å². The Labute approximate surface area is 116 Å². The average molecular weight is 282 g/mol. The molecule has 7 heteroatoms. The number of benzene rings is 1. The Morgan fingerprint density at radius 3 is 2.50 bits per heavy atom. The van der Waals surface area contributed by atoms with Crippen LogP contribution >= 0.6 is 0 Å². The van der Waals surface area contributed by atoms with Gasteiger partial charge in [0.05, 0.1) is 6.04 Å². The second kappa shape index (κ2) is 8.13. The lowest BCUT2D eigenvalue weighted by molar-refractivity contribution is -0.132. The van der Waals surface area contributed by atoms with Crippen molar-refractivity contribution in [3.8, 4) is 0 Å². The molecule has 1 unspecified atom stereocenters. The third-order valence-corrected chi connectivity index (χ3v) is 2.65. The van der Waals surface area contributed by atoms with Gasteiger partial charge in [-0.25, -0.2) is 4.79 Å². The van der Waals surface area contributed by atoms with Crippen molar-refractivity contribution in [3.05, 3.63) is 35.9 Å². The minimum Gasteiger partial charge on any atom is -0.465 e. The van der Waals surface area contributed by atoms with Gasteiger partial charge in [-0.3, -0.25) is 4.79 Å². The summed E-state index contributed by atoms with van der Waals surface area (Å²) in [5.74, 6) is -0.693. The predicted octanol–water partition coefficient (Wildman–Crippen LogP) is -0.0537. The summed E-state index contributed by atoms with van der Waals surface area (Å²) in [7, 11) is 1.39. The number of ether oxygens (including phenoxy) is 1. The Morgan fingerprint density at radius 1 is 1.30 bits per heavy atom. The fraction of sp³-hybridized carbons (Fsp3) is 0.385. The van der Waals surface area contributed by atoms with Crippen molar-refractivity contribution in [1.82, 2.24) is 10.6 Å². The summed E-state index contributed by atoms with van der Waals surface area (Å²) >= 11 is 0. The number of carboxylic acid groups (broad SMARTS) is 1. The molecule has 0 saturated heterocycles. The fourth-order valence-corrected chi connectivity index (χ4v) is 1.70. The minimum atomic E-state index is -1.50. The zero-order chi connectivity index (χ0) is 15.0. The molecule has 1 rings (SSSR count).